The maximum absolute atomic E-state index is 14.4. The molecule has 0 aliphatic carbocycles. The highest BCUT2D eigenvalue weighted by Gasteiger charge is 2.26. The lowest BCUT2D eigenvalue weighted by atomic mass is 10.0. The van der Waals surface area contributed by atoms with Crippen LogP contribution in [-0.2, 0) is 0 Å². The van der Waals surface area contributed by atoms with E-state index < -0.39 is 6.04 Å². The molecule has 1 N–H and O–H groups in total. The first-order chi connectivity index (χ1) is 12.2. The Morgan fingerprint density at radius 2 is 2.00 bits per heavy atom. The van der Waals surface area contributed by atoms with Gasteiger partial charge >= 0.3 is 0 Å². The Bertz CT molecular complexity index is 954. The molecule has 0 radical (unpaired) electrons. The third-order valence-electron chi connectivity index (χ3n) is 4.01. The van der Waals surface area contributed by atoms with Crippen molar-refractivity contribution < 1.29 is 9.13 Å². The van der Waals surface area contributed by atoms with Crippen LogP contribution >= 0.6 is 15.9 Å². The molecule has 4 rings (SSSR count). The second-order valence-corrected chi connectivity index (χ2v) is 6.41. The minimum atomic E-state index is -0.458. The summed E-state index contributed by atoms with van der Waals surface area (Å²) < 4.78 is 21.9. The standard InChI is InChI=1S/C17H13BrFN5O/c1-25-12-5-2-10(3-6-12)15-9-16(24-17(20-15)21-22-23-24)13-8-11(18)4-7-14(13)19/h2-9,16H,1H3,(H,20,21,23). The number of anilines is 1. The summed E-state index contributed by atoms with van der Waals surface area (Å²) in [6, 6.07) is 11.9. The Morgan fingerprint density at radius 3 is 2.76 bits per heavy atom. The van der Waals surface area contributed by atoms with Gasteiger partial charge in [-0.25, -0.2) is 4.39 Å². The molecule has 8 heteroatoms. The molecule has 2 aromatic carbocycles. The molecular weight excluding hydrogens is 389 g/mol. The predicted molar refractivity (Wildman–Crippen MR) is 94.6 cm³/mol. The van der Waals surface area contributed by atoms with Gasteiger partial charge in [-0.05, 0) is 64.5 Å². The number of nitrogens with zero attached hydrogens (tertiary/aromatic N) is 4. The van der Waals surface area contributed by atoms with Crippen molar-refractivity contribution in [3.63, 3.8) is 0 Å². The zero-order valence-electron chi connectivity index (χ0n) is 13.1. The first-order valence-electron chi connectivity index (χ1n) is 7.52. The quantitative estimate of drug-likeness (QED) is 0.725. The Kier molecular flexibility index (Phi) is 3.96. The van der Waals surface area contributed by atoms with Crippen LogP contribution in [0, 0.1) is 5.82 Å². The first kappa shape index (κ1) is 15.8. The molecule has 1 atom stereocenters. The van der Waals surface area contributed by atoms with Gasteiger partial charge in [0.1, 0.15) is 17.6 Å². The number of ether oxygens (including phenoxy) is 1. The second-order valence-electron chi connectivity index (χ2n) is 5.49. The van der Waals surface area contributed by atoms with Gasteiger partial charge in [0, 0.05) is 15.7 Å². The van der Waals surface area contributed by atoms with E-state index >= 15 is 0 Å². The maximum atomic E-state index is 14.4. The Balaban J connectivity index is 1.81. The van der Waals surface area contributed by atoms with E-state index in [0.717, 1.165) is 21.5 Å². The van der Waals surface area contributed by atoms with Crippen LogP contribution in [0.4, 0.5) is 10.3 Å². The van der Waals surface area contributed by atoms with Crippen molar-refractivity contribution in [3.05, 3.63) is 70.0 Å². The number of nitrogens with one attached hydrogen (secondary N) is 1. The van der Waals surface area contributed by atoms with Crippen LogP contribution in [0.5, 0.6) is 5.75 Å². The number of benzene rings is 2. The second kappa shape index (κ2) is 6.29. The lowest BCUT2D eigenvalue weighted by molar-refractivity contribution is 0.415. The summed E-state index contributed by atoms with van der Waals surface area (Å²) in [6.45, 7) is 0. The minimum Gasteiger partial charge on any atom is -0.497 e. The summed E-state index contributed by atoms with van der Waals surface area (Å²) in [5.41, 5.74) is 2.21. The monoisotopic (exact) mass is 401 g/mol. The molecule has 0 amide bonds. The van der Waals surface area contributed by atoms with Crippen molar-refractivity contribution in [2.45, 2.75) is 6.04 Å². The van der Waals surface area contributed by atoms with Gasteiger partial charge in [0.15, 0.2) is 0 Å². The van der Waals surface area contributed by atoms with E-state index in [2.05, 4.69) is 36.8 Å². The largest absolute Gasteiger partial charge is 0.497 e. The average Bonchev–Trinajstić information content (AvgIpc) is 3.12. The number of halogens is 2. The van der Waals surface area contributed by atoms with Gasteiger partial charge in [-0.1, -0.05) is 21.0 Å². The summed E-state index contributed by atoms with van der Waals surface area (Å²) >= 11 is 3.39. The van der Waals surface area contributed by atoms with Crippen LogP contribution in [0.15, 0.2) is 53.0 Å². The van der Waals surface area contributed by atoms with E-state index in [4.69, 9.17) is 4.74 Å². The number of rotatable bonds is 3. The number of aromatic nitrogens is 4. The molecule has 2 heterocycles. The fraction of sp³-hybridized carbons (Fsp3) is 0.118. The molecule has 1 aliphatic heterocycles. The van der Waals surface area contributed by atoms with Gasteiger partial charge in [0.2, 0.25) is 5.95 Å². The Morgan fingerprint density at radius 1 is 1.20 bits per heavy atom. The van der Waals surface area contributed by atoms with Crippen molar-refractivity contribution in [2.75, 3.05) is 12.4 Å². The van der Waals surface area contributed by atoms with Crippen molar-refractivity contribution in [2.24, 2.45) is 0 Å². The van der Waals surface area contributed by atoms with Crippen LogP contribution < -0.4 is 10.1 Å². The highest BCUT2D eigenvalue weighted by atomic mass is 79.9. The topological polar surface area (TPSA) is 64.9 Å². The number of methoxy groups -OCH3 is 1. The third-order valence-corrected chi connectivity index (χ3v) is 4.50. The summed E-state index contributed by atoms with van der Waals surface area (Å²) in [5.74, 6) is 0.902. The molecule has 0 saturated carbocycles. The minimum absolute atomic E-state index is 0.318. The molecule has 1 unspecified atom stereocenters. The van der Waals surface area contributed by atoms with E-state index in [9.17, 15) is 4.39 Å². The summed E-state index contributed by atoms with van der Waals surface area (Å²) in [5, 5.41) is 14.9. The van der Waals surface area contributed by atoms with Gasteiger partial charge in [-0.3, -0.25) is 0 Å². The molecule has 0 saturated heterocycles. The van der Waals surface area contributed by atoms with Crippen LogP contribution in [0.1, 0.15) is 17.2 Å². The molecule has 0 bridgehead atoms. The number of hydrogen-bond donors (Lipinski definition) is 1. The first-order valence-corrected chi connectivity index (χ1v) is 8.31. The predicted octanol–water partition coefficient (Wildman–Crippen LogP) is 3.64. The van der Waals surface area contributed by atoms with Crippen molar-refractivity contribution in [3.8, 4) is 5.75 Å². The lowest BCUT2D eigenvalue weighted by Crippen LogP contribution is -2.21. The van der Waals surface area contributed by atoms with Crippen LogP contribution in [0.3, 0.4) is 0 Å². The molecule has 1 aliphatic rings. The smallest absolute Gasteiger partial charge is 0.248 e. The molecular formula is C17H13BrFN5O. The molecule has 0 spiro atoms. The molecule has 25 heavy (non-hydrogen) atoms. The molecule has 126 valence electrons. The summed E-state index contributed by atoms with van der Waals surface area (Å²) in [6.07, 6.45) is 1.90. The third kappa shape index (κ3) is 2.89. The van der Waals surface area contributed by atoms with Gasteiger partial charge in [0.25, 0.3) is 0 Å². The van der Waals surface area contributed by atoms with Gasteiger partial charge < -0.3 is 10.1 Å². The summed E-state index contributed by atoms with van der Waals surface area (Å²) in [7, 11) is 1.62. The average molecular weight is 402 g/mol. The van der Waals surface area contributed by atoms with E-state index in [1.165, 1.54) is 6.07 Å². The van der Waals surface area contributed by atoms with Gasteiger partial charge in [0.05, 0.1) is 7.11 Å². The van der Waals surface area contributed by atoms with Gasteiger partial charge in [-0.15, -0.1) is 0 Å². The lowest BCUT2D eigenvalue weighted by Gasteiger charge is -2.24. The van der Waals surface area contributed by atoms with Crippen molar-refractivity contribution in [1.29, 1.82) is 0 Å². The highest BCUT2D eigenvalue weighted by molar-refractivity contribution is 9.10. The highest BCUT2D eigenvalue weighted by Crippen LogP contribution is 2.34. The van der Waals surface area contributed by atoms with E-state index in [0.29, 0.717) is 11.5 Å². The Labute approximate surface area is 151 Å². The van der Waals surface area contributed by atoms with E-state index in [-0.39, 0.29) is 5.82 Å². The van der Waals surface area contributed by atoms with Gasteiger partial charge in [-0.2, -0.15) is 4.68 Å². The number of fused-ring (bicyclic) bond motifs is 1. The fourth-order valence-electron chi connectivity index (χ4n) is 2.76. The zero-order valence-corrected chi connectivity index (χ0v) is 14.7. The Hall–Kier alpha value is -2.74. The molecule has 3 aromatic rings. The van der Waals surface area contributed by atoms with E-state index in [1.54, 1.807) is 23.9 Å². The van der Waals surface area contributed by atoms with Crippen molar-refractivity contribution >= 4 is 27.6 Å². The fourth-order valence-corrected chi connectivity index (χ4v) is 3.13. The maximum Gasteiger partial charge on any atom is 0.248 e. The SMILES string of the molecule is COc1ccc(C2=CC(c3cc(Br)ccc3F)n3nnnc3N2)cc1. The zero-order chi connectivity index (χ0) is 17.4. The van der Waals surface area contributed by atoms with Crippen molar-refractivity contribution in [1.82, 2.24) is 20.2 Å². The number of hydrogen-bond acceptors (Lipinski definition) is 5. The van der Waals surface area contributed by atoms with E-state index in [1.807, 2.05) is 30.3 Å². The molecule has 0 fully saturated rings. The summed E-state index contributed by atoms with van der Waals surface area (Å²) in [4.78, 5) is 0. The number of tetrazole rings is 1. The molecule has 1 aromatic heterocycles. The van der Waals surface area contributed by atoms with Crippen LogP contribution in [0.25, 0.3) is 5.70 Å². The normalized spacial score (nSPS) is 16.0. The molecule has 6 nitrogen and oxygen atoms in total. The number of allylic oxidation sites excluding steroid dienone is 1. The van der Waals surface area contributed by atoms with Crippen LogP contribution in [0.2, 0.25) is 0 Å². The van der Waals surface area contributed by atoms with Crippen LogP contribution in [-0.4, -0.2) is 27.3 Å².